The number of amides is 1. The Hall–Kier alpha value is -2.22. The molecule has 0 bridgehead atoms. The lowest BCUT2D eigenvalue weighted by atomic mass is 9.87. The van der Waals surface area contributed by atoms with Crippen molar-refractivity contribution in [2.45, 2.75) is 30.2 Å². The van der Waals surface area contributed by atoms with E-state index in [2.05, 4.69) is 28.4 Å². The van der Waals surface area contributed by atoms with Gasteiger partial charge >= 0.3 is 0 Å². The lowest BCUT2D eigenvalue weighted by Gasteiger charge is -2.32. The third kappa shape index (κ3) is 4.43. The van der Waals surface area contributed by atoms with Crippen LogP contribution in [0, 0.1) is 0 Å². The van der Waals surface area contributed by atoms with Gasteiger partial charge in [-0.05, 0) is 55.6 Å². The number of benzene rings is 2. The molecule has 2 aromatic rings. The highest BCUT2D eigenvalue weighted by atomic mass is 32.2. The van der Waals surface area contributed by atoms with Gasteiger partial charge in [0.15, 0.2) is 0 Å². The highest BCUT2D eigenvalue weighted by Crippen LogP contribution is 2.33. The summed E-state index contributed by atoms with van der Waals surface area (Å²) in [6.07, 6.45) is 3.22. The Morgan fingerprint density at radius 1 is 1.11 bits per heavy atom. The first-order valence-electron chi connectivity index (χ1n) is 9.39. The van der Waals surface area contributed by atoms with Crippen LogP contribution in [-0.4, -0.2) is 51.2 Å². The van der Waals surface area contributed by atoms with Crippen LogP contribution in [0.25, 0.3) is 0 Å². The van der Waals surface area contributed by atoms with Gasteiger partial charge in [0.25, 0.3) is 0 Å². The zero-order valence-corrected chi connectivity index (χ0v) is 17.4. The topological polar surface area (TPSA) is 69.7 Å². The number of aryl methyl sites for hydroxylation is 1. The van der Waals surface area contributed by atoms with E-state index < -0.39 is 10.0 Å². The summed E-state index contributed by atoms with van der Waals surface area (Å²) in [4.78, 5) is 14.8. The molecule has 0 heterocycles. The first-order chi connectivity index (χ1) is 13.3. The summed E-state index contributed by atoms with van der Waals surface area (Å²) in [5.74, 6) is -0.162. The van der Waals surface area contributed by atoms with E-state index in [4.69, 9.17) is 0 Å². The number of likely N-dealkylation sites (N-methyl/N-ethyl adjacent to an activating group) is 1. The Morgan fingerprint density at radius 3 is 2.61 bits per heavy atom. The average molecular weight is 402 g/mol. The van der Waals surface area contributed by atoms with Crippen molar-refractivity contribution in [1.29, 1.82) is 0 Å². The van der Waals surface area contributed by atoms with Crippen molar-refractivity contribution in [1.82, 2.24) is 9.21 Å². The minimum absolute atomic E-state index is 0.157. The van der Waals surface area contributed by atoms with Crippen LogP contribution in [0.5, 0.6) is 0 Å². The minimum Gasteiger partial charge on any atom is -0.325 e. The number of hydrogen-bond donors (Lipinski definition) is 1. The molecule has 1 atom stereocenters. The van der Waals surface area contributed by atoms with E-state index in [1.807, 2.05) is 13.1 Å². The second-order valence-corrected chi connectivity index (χ2v) is 9.54. The Morgan fingerprint density at radius 2 is 1.86 bits per heavy atom. The van der Waals surface area contributed by atoms with Crippen molar-refractivity contribution in [2.24, 2.45) is 0 Å². The zero-order chi connectivity index (χ0) is 20.3. The van der Waals surface area contributed by atoms with Crippen LogP contribution in [0.1, 0.15) is 30.0 Å². The number of anilines is 1. The maximum atomic E-state index is 12.6. The first kappa shape index (κ1) is 20.5. The monoisotopic (exact) mass is 401 g/mol. The van der Waals surface area contributed by atoms with Crippen LogP contribution in [0.15, 0.2) is 53.4 Å². The molecular formula is C21H27N3O3S. The smallest absolute Gasteiger partial charge is 0.242 e. The largest absolute Gasteiger partial charge is 0.325 e. The molecule has 150 valence electrons. The van der Waals surface area contributed by atoms with Crippen molar-refractivity contribution in [3.05, 3.63) is 59.7 Å². The minimum atomic E-state index is -3.54. The molecule has 1 N–H and O–H groups in total. The van der Waals surface area contributed by atoms with Crippen molar-refractivity contribution in [3.63, 3.8) is 0 Å². The molecular weight excluding hydrogens is 374 g/mol. The Balaban J connectivity index is 1.68. The molecule has 6 nitrogen and oxygen atoms in total. The van der Waals surface area contributed by atoms with Crippen molar-refractivity contribution < 1.29 is 13.2 Å². The van der Waals surface area contributed by atoms with Gasteiger partial charge < -0.3 is 5.32 Å². The molecule has 0 saturated carbocycles. The van der Waals surface area contributed by atoms with Gasteiger partial charge in [-0.1, -0.05) is 30.3 Å². The fourth-order valence-electron chi connectivity index (χ4n) is 3.67. The number of nitrogens with zero attached hydrogens (tertiary/aromatic N) is 2. The van der Waals surface area contributed by atoms with E-state index in [1.54, 1.807) is 12.1 Å². The maximum Gasteiger partial charge on any atom is 0.242 e. The zero-order valence-electron chi connectivity index (χ0n) is 16.6. The van der Waals surface area contributed by atoms with Gasteiger partial charge in [-0.3, -0.25) is 9.69 Å². The van der Waals surface area contributed by atoms with E-state index in [1.165, 1.54) is 37.4 Å². The number of sulfonamides is 1. The Bertz CT molecular complexity index is 957. The van der Waals surface area contributed by atoms with Crippen LogP contribution in [0.2, 0.25) is 0 Å². The van der Waals surface area contributed by atoms with E-state index in [9.17, 15) is 13.2 Å². The fourth-order valence-corrected chi connectivity index (χ4v) is 4.62. The van der Waals surface area contributed by atoms with Crippen LogP contribution < -0.4 is 5.32 Å². The van der Waals surface area contributed by atoms with Gasteiger partial charge in [0, 0.05) is 25.8 Å². The van der Waals surface area contributed by atoms with Crippen LogP contribution in [0.3, 0.4) is 0 Å². The van der Waals surface area contributed by atoms with E-state index >= 15 is 0 Å². The lowest BCUT2D eigenvalue weighted by molar-refractivity contribution is -0.117. The number of hydrogen-bond acceptors (Lipinski definition) is 4. The Labute approximate surface area is 167 Å². The van der Waals surface area contributed by atoms with Gasteiger partial charge in [0.05, 0.1) is 11.4 Å². The SMILES string of the molecule is CN(CC(=O)Nc1cccc(S(=O)(=O)N(C)C)c1)[C@H]1CCCc2ccccc21. The molecule has 1 aliphatic rings. The molecule has 2 aromatic carbocycles. The summed E-state index contributed by atoms with van der Waals surface area (Å²) in [7, 11) is 1.39. The van der Waals surface area contributed by atoms with Crippen molar-refractivity contribution in [3.8, 4) is 0 Å². The number of carbonyl (C=O) groups is 1. The second kappa shape index (κ2) is 8.43. The first-order valence-corrected chi connectivity index (χ1v) is 10.8. The number of rotatable bonds is 6. The molecule has 0 radical (unpaired) electrons. The quantitative estimate of drug-likeness (QED) is 0.808. The third-order valence-electron chi connectivity index (χ3n) is 5.16. The number of nitrogens with one attached hydrogen (secondary N) is 1. The second-order valence-electron chi connectivity index (χ2n) is 7.39. The van der Waals surface area contributed by atoms with Gasteiger partial charge in [-0.15, -0.1) is 0 Å². The summed E-state index contributed by atoms with van der Waals surface area (Å²) in [5, 5.41) is 2.82. The number of carbonyl (C=O) groups excluding carboxylic acids is 1. The summed E-state index contributed by atoms with van der Waals surface area (Å²) >= 11 is 0. The molecule has 28 heavy (non-hydrogen) atoms. The van der Waals surface area contributed by atoms with Crippen LogP contribution in [-0.2, 0) is 21.2 Å². The number of fused-ring (bicyclic) bond motifs is 1. The molecule has 0 aliphatic heterocycles. The van der Waals surface area contributed by atoms with E-state index in [-0.39, 0.29) is 23.4 Å². The third-order valence-corrected chi connectivity index (χ3v) is 6.97. The molecule has 1 aliphatic carbocycles. The van der Waals surface area contributed by atoms with E-state index in [0.717, 1.165) is 23.6 Å². The average Bonchev–Trinajstić information content (AvgIpc) is 2.67. The lowest BCUT2D eigenvalue weighted by Crippen LogP contribution is -2.35. The van der Waals surface area contributed by atoms with E-state index in [0.29, 0.717) is 5.69 Å². The molecule has 0 spiro atoms. The molecule has 0 fully saturated rings. The highest BCUT2D eigenvalue weighted by molar-refractivity contribution is 7.89. The maximum absolute atomic E-state index is 12.6. The van der Waals surface area contributed by atoms with Crippen LogP contribution in [0.4, 0.5) is 5.69 Å². The molecule has 7 heteroatoms. The van der Waals surface area contributed by atoms with Gasteiger partial charge in [0.2, 0.25) is 15.9 Å². The summed E-state index contributed by atoms with van der Waals surface area (Å²) in [6.45, 7) is 0.240. The predicted molar refractivity (Wildman–Crippen MR) is 111 cm³/mol. The standard InChI is InChI=1S/C21H27N3O3S/c1-23(2)28(26,27)18-11-7-10-17(14-18)22-21(25)15-24(3)20-13-6-9-16-8-4-5-12-19(16)20/h4-5,7-8,10-12,14,20H,6,9,13,15H2,1-3H3,(H,22,25)/t20-/m0/s1. The normalized spacial score (nSPS) is 16.8. The van der Waals surface area contributed by atoms with Gasteiger partial charge in [-0.25, -0.2) is 12.7 Å². The van der Waals surface area contributed by atoms with Crippen LogP contribution >= 0.6 is 0 Å². The highest BCUT2D eigenvalue weighted by Gasteiger charge is 2.25. The fraction of sp³-hybridized carbons (Fsp3) is 0.381. The molecule has 3 rings (SSSR count). The predicted octanol–water partition coefficient (Wildman–Crippen LogP) is 2.88. The summed E-state index contributed by atoms with van der Waals surface area (Å²) in [5.41, 5.74) is 3.13. The van der Waals surface area contributed by atoms with Gasteiger partial charge in [-0.2, -0.15) is 0 Å². The van der Waals surface area contributed by atoms with Gasteiger partial charge in [0.1, 0.15) is 0 Å². The Kier molecular flexibility index (Phi) is 6.17. The summed E-state index contributed by atoms with van der Waals surface area (Å²) in [6, 6.07) is 15.0. The van der Waals surface area contributed by atoms with Crippen molar-refractivity contribution >= 4 is 21.6 Å². The molecule has 0 aromatic heterocycles. The molecule has 1 amide bonds. The van der Waals surface area contributed by atoms with Crippen molar-refractivity contribution in [2.75, 3.05) is 33.0 Å². The molecule has 0 unspecified atom stereocenters. The molecule has 0 saturated heterocycles. The summed E-state index contributed by atoms with van der Waals surface area (Å²) < 4.78 is 25.7.